The molecule has 0 fully saturated rings. The number of nitrogens with one attached hydrogen (secondary N) is 2. The van der Waals surface area contributed by atoms with Gasteiger partial charge in [0.2, 0.25) is 5.91 Å². The molecule has 0 bridgehead atoms. The number of benzene rings is 2. The Kier molecular flexibility index (Phi) is 6.86. The average Bonchev–Trinajstić information content (AvgIpc) is 3.35. The van der Waals surface area contributed by atoms with Crippen molar-refractivity contribution in [2.24, 2.45) is 13.0 Å². The van der Waals surface area contributed by atoms with E-state index in [1.165, 1.54) is 11.7 Å². The average molecular weight is 477 g/mol. The van der Waals surface area contributed by atoms with Crippen LogP contribution in [0.4, 0.5) is 10.6 Å². The molecule has 0 spiro atoms. The summed E-state index contributed by atoms with van der Waals surface area (Å²) in [6.07, 6.45) is 0.793. The summed E-state index contributed by atoms with van der Waals surface area (Å²) >= 11 is 0. The molecule has 1 heterocycles. The number of carboxylic acids is 1. The third-order valence-corrected chi connectivity index (χ3v) is 6.07. The van der Waals surface area contributed by atoms with E-state index in [1.54, 1.807) is 0 Å². The molecule has 2 aromatic carbocycles. The third-order valence-electron chi connectivity index (χ3n) is 6.07. The molecule has 9 nitrogen and oxygen atoms in total. The molecule has 1 atom stereocenters. The number of ether oxygens (including phenoxy) is 1. The fourth-order valence-corrected chi connectivity index (χ4v) is 4.43. The first-order valence-electron chi connectivity index (χ1n) is 11.4. The molecular formula is C26H28N4O5. The molecule has 1 aliphatic carbocycles. The summed E-state index contributed by atoms with van der Waals surface area (Å²) in [6, 6.07) is 15.2. The summed E-state index contributed by atoms with van der Waals surface area (Å²) in [5, 5.41) is 18.5. The zero-order valence-electron chi connectivity index (χ0n) is 19.8. The van der Waals surface area contributed by atoms with Crippen LogP contribution in [0.15, 0.2) is 54.7 Å². The second-order valence-electron chi connectivity index (χ2n) is 8.98. The smallest absolute Gasteiger partial charge is 0.407 e. The molecule has 0 unspecified atom stereocenters. The van der Waals surface area contributed by atoms with Crippen LogP contribution in [0.3, 0.4) is 0 Å². The van der Waals surface area contributed by atoms with Gasteiger partial charge in [0.05, 0.1) is 6.20 Å². The van der Waals surface area contributed by atoms with Crippen molar-refractivity contribution in [2.75, 3.05) is 11.9 Å². The first-order chi connectivity index (χ1) is 16.8. The number of hydrogen-bond donors (Lipinski definition) is 3. The number of carbonyl (C=O) groups excluding carboxylic acids is 2. The van der Waals surface area contributed by atoms with Gasteiger partial charge in [-0.25, -0.2) is 9.59 Å². The van der Waals surface area contributed by atoms with Gasteiger partial charge in [0, 0.05) is 13.0 Å². The minimum absolute atomic E-state index is 0.0468. The first-order valence-corrected chi connectivity index (χ1v) is 11.4. The number of fused-ring (bicyclic) bond motifs is 3. The van der Waals surface area contributed by atoms with Gasteiger partial charge in [0.1, 0.15) is 24.0 Å². The minimum atomic E-state index is -1.21. The summed E-state index contributed by atoms with van der Waals surface area (Å²) in [6.45, 7) is 3.97. The summed E-state index contributed by atoms with van der Waals surface area (Å²) in [7, 11) is 1.53. The van der Waals surface area contributed by atoms with E-state index in [4.69, 9.17) is 4.74 Å². The summed E-state index contributed by atoms with van der Waals surface area (Å²) in [4.78, 5) is 37.2. The van der Waals surface area contributed by atoms with Crippen LogP contribution in [0.25, 0.3) is 11.1 Å². The van der Waals surface area contributed by atoms with E-state index in [0.29, 0.717) is 6.42 Å². The predicted molar refractivity (Wildman–Crippen MR) is 130 cm³/mol. The Balaban J connectivity index is 1.45. The summed E-state index contributed by atoms with van der Waals surface area (Å²) < 4.78 is 6.85. The van der Waals surface area contributed by atoms with Crippen molar-refractivity contribution < 1.29 is 24.2 Å². The molecule has 1 aliphatic rings. The number of anilines is 1. The number of alkyl carbamates (subject to hydrolysis) is 1. The monoisotopic (exact) mass is 476 g/mol. The van der Waals surface area contributed by atoms with Crippen LogP contribution in [-0.2, 0) is 16.6 Å². The molecule has 3 N–H and O–H groups in total. The second-order valence-corrected chi connectivity index (χ2v) is 8.98. The number of aromatic nitrogens is 2. The van der Waals surface area contributed by atoms with Crippen molar-refractivity contribution in [3.05, 3.63) is 71.4 Å². The lowest BCUT2D eigenvalue weighted by molar-refractivity contribution is -0.118. The third kappa shape index (κ3) is 5.03. The molecule has 2 amide bonds. The molecule has 0 radical (unpaired) electrons. The van der Waals surface area contributed by atoms with Gasteiger partial charge in [0.25, 0.3) is 0 Å². The zero-order chi connectivity index (χ0) is 25.1. The Morgan fingerprint density at radius 1 is 1.06 bits per heavy atom. The van der Waals surface area contributed by atoms with Gasteiger partial charge in [-0.1, -0.05) is 62.4 Å². The number of amides is 2. The normalized spacial score (nSPS) is 13.1. The molecule has 9 heteroatoms. The molecule has 0 saturated heterocycles. The number of hydrogen-bond acceptors (Lipinski definition) is 5. The maximum absolute atomic E-state index is 13.0. The van der Waals surface area contributed by atoms with Gasteiger partial charge in [0.15, 0.2) is 0 Å². The van der Waals surface area contributed by atoms with Crippen LogP contribution >= 0.6 is 0 Å². The van der Waals surface area contributed by atoms with E-state index in [9.17, 15) is 19.5 Å². The largest absolute Gasteiger partial charge is 0.477 e. The quantitative estimate of drug-likeness (QED) is 0.452. The lowest BCUT2D eigenvalue weighted by Gasteiger charge is -2.21. The van der Waals surface area contributed by atoms with Crippen LogP contribution in [0.1, 0.15) is 47.7 Å². The SMILES string of the molecule is CC(C)C[C@@H](NC(=O)OCC1c2ccccc2-c2ccccc21)C(=O)Nc1c(C(=O)O)cnn1C. The molecule has 4 rings (SSSR count). The lowest BCUT2D eigenvalue weighted by atomic mass is 9.98. The number of aryl methyl sites for hydroxylation is 1. The van der Waals surface area contributed by atoms with Crippen molar-refractivity contribution >= 4 is 23.8 Å². The van der Waals surface area contributed by atoms with Gasteiger partial charge in [-0.15, -0.1) is 0 Å². The second kappa shape index (κ2) is 10.0. The number of rotatable bonds is 8. The van der Waals surface area contributed by atoms with E-state index in [0.717, 1.165) is 28.5 Å². The number of nitrogens with zero attached hydrogens (tertiary/aromatic N) is 2. The highest BCUT2D eigenvalue weighted by Crippen LogP contribution is 2.44. The van der Waals surface area contributed by atoms with Gasteiger partial charge in [-0.05, 0) is 34.6 Å². The van der Waals surface area contributed by atoms with Crippen LogP contribution in [0.2, 0.25) is 0 Å². The lowest BCUT2D eigenvalue weighted by Crippen LogP contribution is -2.45. The molecule has 3 aromatic rings. The molecule has 0 saturated carbocycles. The Morgan fingerprint density at radius 3 is 2.23 bits per heavy atom. The van der Waals surface area contributed by atoms with Crippen molar-refractivity contribution in [2.45, 2.75) is 32.2 Å². The fourth-order valence-electron chi connectivity index (χ4n) is 4.43. The topological polar surface area (TPSA) is 123 Å². The molecule has 1 aromatic heterocycles. The zero-order valence-corrected chi connectivity index (χ0v) is 19.8. The van der Waals surface area contributed by atoms with E-state index < -0.39 is 24.0 Å². The Bertz CT molecular complexity index is 1220. The van der Waals surface area contributed by atoms with Crippen LogP contribution in [0.5, 0.6) is 0 Å². The van der Waals surface area contributed by atoms with Crippen LogP contribution < -0.4 is 10.6 Å². The van der Waals surface area contributed by atoms with Gasteiger partial charge >= 0.3 is 12.1 Å². The van der Waals surface area contributed by atoms with Gasteiger partial charge in [-0.3, -0.25) is 9.48 Å². The Hall–Kier alpha value is -4.14. The maximum atomic E-state index is 13.0. The highest BCUT2D eigenvalue weighted by atomic mass is 16.5. The van der Waals surface area contributed by atoms with Crippen molar-refractivity contribution in [3.8, 4) is 11.1 Å². The van der Waals surface area contributed by atoms with E-state index in [1.807, 2.05) is 50.2 Å². The standard InChI is InChI=1S/C26H28N4O5/c1-15(2)12-22(24(31)29-23-20(25(32)33)13-27-30(23)3)28-26(34)35-14-21-18-10-6-4-8-16(18)17-9-5-7-11-19(17)21/h4-11,13,15,21-22H,12,14H2,1-3H3,(H,28,34)(H,29,31)(H,32,33)/t22-/m1/s1. The van der Waals surface area contributed by atoms with E-state index in [-0.39, 0.29) is 29.8 Å². The molecule has 0 aliphatic heterocycles. The number of carboxylic acid groups (broad SMARTS) is 1. The predicted octanol–water partition coefficient (Wildman–Crippen LogP) is 4.01. The summed E-state index contributed by atoms with van der Waals surface area (Å²) in [5.74, 6) is -1.72. The highest BCUT2D eigenvalue weighted by molar-refractivity contribution is 6.01. The van der Waals surface area contributed by atoms with Gasteiger partial charge < -0.3 is 20.5 Å². The van der Waals surface area contributed by atoms with Crippen LogP contribution in [-0.4, -0.2) is 45.5 Å². The molecular weight excluding hydrogens is 448 g/mol. The number of carbonyl (C=O) groups is 3. The van der Waals surface area contributed by atoms with E-state index in [2.05, 4.69) is 27.9 Å². The van der Waals surface area contributed by atoms with Crippen molar-refractivity contribution in [1.82, 2.24) is 15.1 Å². The van der Waals surface area contributed by atoms with Crippen molar-refractivity contribution in [3.63, 3.8) is 0 Å². The fraction of sp³-hybridized carbons (Fsp3) is 0.308. The Labute approximate surface area is 203 Å². The minimum Gasteiger partial charge on any atom is -0.477 e. The van der Waals surface area contributed by atoms with Crippen molar-refractivity contribution in [1.29, 1.82) is 0 Å². The summed E-state index contributed by atoms with van der Waals surface area (Å²) in [5.41, 5.74) is 4.30. The highest BCUT2D eigenvalue weighted by Gasteiger charge is 2.30. The molecule has 35 heavy (non-hydrogen) atoms. The van der Waals surface area contributed by atoms with E-state index >= 15 is 0 Å². The molecule has 182 valence electrons. The van der Waals surface area contributed by atoms with Crippen LogP contribution in [0, 0.1) is 5.92 Å². The maximum Gasteiger partial charge on any atom is 0.407 e. The number of aromatic carboxylic acids is 1. The first kappa shape index (κ1) is 24.0. The van der Waals surface area contributed by atoms with Gasteiger partial charge in [-0.2, -0.15) is 5.10 Å². The Morgan fingerprint density at radius 2 is 1.66 bits per heavy atom.